The number of carbonyl (C=O) groups is 1. The first-order chi connectivity index (χ1) is 11.1. The highest BCUT2D eigenvalue weighted by molar-refractivity contribution is 6.03. The van der Waals surface area contributed by atoms with Gasteiger partial charge in [0.05, 0.1) is 11.1 Å². The molecule has 2 heterocycles. The fourth-order valence-corrected chi connectivity index (χ4v) is 3.23. The average Bonchev–Trinajstić information content (AvgIpc) is 2.95. The lowest BCUT2D eigenvalue weighted by Crippen LogP contribution is -2.44. The largest absolute Gasteiger partial charge is 0.478 e. The Bertz CT molecular complexity index is 700. The Morgan fingerprint density at radius 1 is 1.30 bits per heavy atom. The molecule has 0 atom stereocenters. The molecule has 2 aromatic rings. The zero-order valence-electron chi connectivity index (χ0n) is 13.9. The van der Waals surface area contributed by atoms with Crippen molar-refractivity contribution in [3.63, 3.8) is 0 Å². The smallest absolute Gasteiger partial charge is 0.337 e. The van der Waals surface area contributed by atoms with Crippen molar-refractivity contribution in [2.75, 3.05) is 32.7 Å². The number of aromatic carboxylic acids is 1. The van der Waals surface area contributed by atoms with Crippen molar-refractivity contribution in [1.82, 2.24) is 15.2 Å². The van der Waals surface area contributed by atoms with Gasteiger partial charge in [-0.25, -0.2) is 4.79 Å². The van der Waals surface area contributed by atoms with E-state index in [9.17, 15) is 9.90 Å². The maximum absolute atomic E-state index is 11.6. The number of benzene rings is 1. The molecule has 124 valence electrons. The van der Waals surface area contributed by atoms with Crippen LogP contribution < -0.4 is 5.32 Å². The first-order valence-corrected chi connectivity index (χ1v) is 8.36. The maximum atomic E-state index is 11.6. The van der Waals surface area contributed by atoms with Crippen LogP contribution in [0.4, 0.5) is 0 Å². The van der Waals surface area contributed by atoms with Gasteiger partial charge in [0.15, 0.2) is 0 Å². The highest BCUT2D eigenvalue weighted by Crippen LogP contribution is 2.28. The molecule has 0 bridgehead atoms. The second kappa shape index (κ2) is 6.72. The topological polar surface area (TPSA) is 68.4 Å². The molecule has 23 heavy (non-hydrogen) atoms. The van der Waals surface area contributed by atoms with Gasteiger partial charge < -0.3 is 20.3 Å². The lowest BCUT2D eigenvalue weighted by molar-refractivity contribution is 0.0698. The quantitative estimate of drug-likeness (QED) is 0.793. The van der Waals surface area contributed by atoms with Gasteiger partial charge in [0.2, 0.25) is 0 Å². The Hall–Kier alpha value is -1.85. The van der Waals surface area contributed by atoms with Crippen LogP contribution in [-0.4, -0.2) is 53.7 Å². The molecule has 1 aliphatic rings. The molecular weight excluding hydrogens is 290 g/mol. The molecular formula is C18H25N3O2. The van der Waals surface area contributed by atoms with Crippen LogP contribution in [0.1, 0.15) is 41.3 Å². The van der Waals surface area contributed by atoms with Gasteiger partial charge in [-0.15, -0.1) is 0 Å². The second-order valence-corrected chi connectivity index (χ2v) is 6.61. The minimum Gasteiger partial charge on any atom is -0.478 e. The van der Waals surface area contributed by atoms with Gasteiger partial charge in [-0.1, -0.05) is 13.8 Å². The van der Waals surface area contributed by atoms with Crippen LogP contribution in [0.5, 0.6) is 0 Å². The lowest BCUT2D eigenvalue weighted by atomic mass is 9.96. The van der Waals surface area contributed by atoms with Gasteiger partial charge >= 0.3 is 5.97 Å². The van der Waals surface area contributed by atoms with E-state index in [1.54, 1.807) is 6.07 Å². The number of carboxylic acids is 1. The molecule has 1 aliphatic heterocycles. The number of rotatable bonds is 5. The van der Waals surface area contributed by atoms with E-state index < -0.39 is 5.97 Å². The van der Waals surface area contributed by atoms with Crippen LogP contribution in [0.3, 0.4) is 0 Å². The summed E-state index contributed by atoms with van der Waals surface area (Å²) in [6, 6.07) is 3.95. The van der Waals surface area contributed by atoms with Crippen molar-refractivity contribution in [1.29, 1.82) is 0 Å². The molecule has 0 aliphatic carbocycles. The molecule has 3 N–H and O–H groups in total. The molecule has 5 nitrogen and oxygen atoms in total. The molecule has 0 saturated carbocycles. The Morgan fingerprint density at radius 2 is 2.04 bits per heavy atom. The Morgan fingerprint density at radius 3 is 2.70 bits per heavy atom. The molecule has 0 unspecified atom stereocenters. The van der Waals surface area contributed by atoms with E-state index in [1.807, 2.05) is 6.20 Å². The van der Waals surface area contributed by atoms with E-state index in [0.29, 0.717) is 11.5 Å². The molecule has 3 rings (SSSR count). The zero-order valence-corrected chi connectivity index (χ0v) is 13.9. The van der Waals surface area contributed by atoms with Crippen LogP contribution in [0.25, 0.3) is 10.9 Å². The number of hydrogen-bond acceptors (Lipinski definition) is 3. The standard InChI is InChI=1S/C18H25N3O2/c1-12(2)14-9-15-13(3-6-21-7-4-19-5-8-21)11-20-17(15)16(10-14)18(22)23/h9-12,19-20H,3-8H2,1-2H3,(H,22,23). The number of aromatic amines is 1. The summed E-state index contributed by atoms with van der Waals surface area (Å²) in [7, 11) is 0. The molecule has 0 radical (unpaired) electrons. The van der Waals surface area contributed by atoms with Gasteiger partial charge in [-0.05, 0) is 35.6 Å². The molecule has 1 fully saturated rings. The molecule has 5 heteroatoms. The number of nitrogens with zero attached hydrogens (tertiary/aromatic N) is 1. The minimum absolute atomic E-state index is 0.313. The Balaban J connectivity index is 1.89. The molecule has 0 spiro atoms. The van der Waals surface area contributed by atoms with Gasteiger partial charge in [0.25, 0.3) is 0 Å². The third-order valence-electron chi connectivity index (χ3n) is 4.70. The summed E-state index contributed by atoms with van der Waals surface area (Å²) < 4.78 is 0. The summed E-state index contributed by atoms with van der Waals surface area (Å²) in [5.74, 6) is -0.554. The van der Waals surface area contributed by atoms with Crippen LogP contribution in [-0.2, 0) is 6.42 Å². The SMILES string of the molecule is CC(C)c1cc(C(=O)O)c2[nH]cc(CCN3CCNCC3)c2c1. The number of aromatic nitrogens is 1. The summed E-state index contributed by atoms with van der Waals surface area (Å²) in [6.07, 6.45) is 2.92. The monoisotopic (exact) mass is 315 g/mol. The third kappa shape index (κ3) is 3.41. The number of carboxylic acid groups (broad SMARTS) is 1. The van der Waals surface area contributed by atoms with Crippen LogP contribution in [0, 0.1) is 0 Å². The van der Waals surface area contributed by atoms with Crippen molar-refractivity contribution in [2.45, 2.75) is 26.2 Å². The zero-order chi connectivity index (χ0) is 16.4. The number of H-pyrrole nitrogens is 1. The van der Waals surface area contributed by atoms with Crippen molar-refractivity contribution in [3.05, 3.63) is 35.0 Å². The third-order valence-corrected chi connectivity index (χ3v) is 4.70. The van der Waals surface area contributed by atoms with Crippen LogP contribution in [0.2, 0.25) is 0 Å². The fraction of sp³-hybridized carbons (Fsp3) is 0.500. The van der Waals surface area contributed by atoms with Crippen LogP contribution >= 0.6 is 0 Å². The van der Waals surface area contributed by atoms with Gasteiger partial charge in [0.1, 0.15) is 0 Å². The first-order valence-electron chi connectivity index (χ1n) is 8.36. The van der Waals surface area contributed by atoms with E-state index in [4.69, 9.17) is 0 Å². The fourth-order valence-electron chi connectivity index (χ4n) is 3.23. The molecule has 1 saturated heterocycles. The molecule has 1 aromatic carbocycles. The van der Waals surface area contributed by atoms with E-state index in [-0.39, 0.29) is 0 Å². The van der Waals surface area contributed by atoms with Crippen molar-refractivity contribution in [2.24, 2.45) is 0 Å². The van der Waals surface area contributed by atoms with Crippen molar-refractivity contribution >= 4 is 16.9 Å². The predicted octanol–water partition coefficient (Wildman–Crippen LogP) is 2.44. The normalized spacial score (nSPS) is 16.3. The van der Waals surface area contributed by atoms with E-state index in [2.05, 4.69) is 35.1 Å². The minimum atomic E-state index is -0.868. The van der Waals surface area contributed by atoms with E-state index in [0.717, 1.165) is 55.6 Å². The maximum Gasteiger partial charge on any atom is 0.337 e. The number of nitrogens with one attached hydrogen (secondary N) is 2. The first kappa shape index (κ1) is 16.0. The van der Waals surface area contributed by atoms with Crippen molar-refractivity contribution < 1.29 is 9.90 Å². The summed E-state index contributed by atoms with van der Waals surface area (Å²) in [4.78, 5) is 17.2. The Kier molecular flexibility index (Phi) is 4.68. The average molecular weight is 315 g/mol. The second-order valence-electron chi connectivity index (χ2n) is 6.61. The number of piperazine rings is 1. The highest BCUT2D eigenvalue weighted by atomic mass is 16.4. The summed E-state index contributed by atoms with van der Waals surface area (Å²) in [5.41, 5.74) is 3.42. The summed E-state index contributed by atoms with van der Waals surface area (Å²) >= 11 is 0. The molecule has 0 amide bonds. The highest BCUT2D eigenvalue weighted by Gasteiger charge is 2.17. The van der Waals surface area contributed by atoms with Crippen molar-refractivity contribution in [3.8, 4) is 0 Å². The van der Waals surface area contributed by atoms with Gasteiger partial charge in [0, 0.05) is 44.3 Å². The summed E-state index contributed by atoms with van der Waals surface area (Å²) in [6.45, 7) is 9.48. The predicted molar refractivity (Wildman–Crippen MR) is 92.4 cm³/mol. The molecule has 1 aromatic heterocycles. The Labute approximate surface area is 136 Å². The van der Waals surface area contributed by atoms with Gasteiger partial charge in [-0.2, -0.15) is 0 Å². The van der Waals surface area contributed by atoms with Gasteiger partial charge in [-0.3, -0.25) is 0 Å². The van der Waals surface area contributed by atoms with E-state index in [1.165, 1.54) is 5.56 Å². The number of hydrogen-bond donors (Lipinski definition) is 3. The number of fused-ring (bicyclic) bond motifs is 1. The van der Waals surface area contributed by atoms with E-state index >= 15 is 0 Å². The lowest BCUT2D eigenvalue weighted by Gasteiger charge is -2.27. The summed E-state index contributed by atoms with van der Waals surface area (Å²) in [5, 5.41) is 13.9. The van der Waals surface area contributed by atoms with Crippen LogP contribution in [0.15, 0.2) is 18.3 Å².